The first-order valence-corrected chi connectivity index (χ1v) is 3.23. The van der Waals surface area contributed by atoms with Gasteiger partial charge in [-0.3, -0.25) is 0 Å². The molecule has 0 aromatic heterocycles. The molecule has 1 unspecified atom stereocenters. The molecular weight excluding hydrogens is 115 g/mol. The van der Waals surface area contributed by atoms with Gasteiger partial charge >= 0.3 is 0 Å². The summed E-state index contributed by atoms with van der Waals surface area (Å²) in [6.45, 7) is 3.79. The number of aldehydes is 1. The van der Waals surface area contributed by atoms with Gasteiger partial charge < -0.3 is 9.90 Å². The van der Waals surface area contributed by atoms with Crippen molar-refractivity contribution in [1.82, 2.24) is 0 Å². The minimum absolute atomic E-state index is 0.171. The number of hydrogen-bond acceptors (Lipinski definition) is 2. The van der Waals surface area contributed by atoms with E-state index < -0.39 is 6.10 Å². The molecular formula is C6H13BO2. The van der Waals surface area contributed by atoms with Crippen LogP contribution in [0.3, 0.4) is 0 Å². The number of carbonyl (C=O) groups is 1. The first-order valence-electron chi connectivity index (χ1n) is 3.23. The Morgan fingerprint density at radius 1 is 1.56 bits per heavy atom. The molecule has 0 heterocycles. The number of hydrogen-bond donors (Lipinski definition) is 1. The molecule has 0 bridgehead atoms. The van der Waals surface area contributed by atoms with Crippen LogP contribution in [0.2, 0.25) is 5.82 Å². The number of rotatable bonds is 3. The Labute approximate surface area is 56.7 Å². The normalized spacial score (nSPS) is 17.3. The zero-order valence-electron chi connectivity index (χ0n) is 6.16. The van der Waals surface area contributed by atoms with Crippen molar-refractivity contribution in [3.8, 4) is 0 Å². The molecule has 52 valence electrons. The molecule has 0 saturated heterocycles. The maximum absolute atomic E-state index is 10.1. The summed E-state index contributed by atoms with van der Waals surface area (Å²) in [5.74, 6) is -0.0600. The topological polar surface area (TPSA) is 37.3 Å². The van der Waals surface area contributed by atoms with E-state index in [1.165, 1.54) is 0 Å². The Morgan fingerprint density at radius 2 is 2.00 bits per heavy atom. The van der Waals surface area contributed by atoms with Gasteiger partial charge in [0.1, 0.15) is 14.1 Å². The molecule has 0 amide bonds. The van der Waals surface area contributed by atoms with Crippen LogP contribution in [-0.4, -0.2) is 25.3 Å². The maximum atomic E-state index is 10.1. The summed E-state index contributed by atoms with van der Waals surface area (Å²) < 4.78 is 0. The summed E-state index contributed by atoms with van der Waals surface area (Å²) in [6.07, 6.45) is 0.299. The molecule has 2 atom stereocenters. The highest BCUT2D eigenvalue weighted by Crippen LogP contribution is 2.11. The predicted molar refractivity (Wildman–Crippen MR) is 39.2 cm³/mol. The third-order valence-electron chi connectivity index (χ3n) is 1.44. The molecule has 0 saturated carbocycles. The van der Waals surface area contributed by atoms with Crippen molar-refractivity contribution in [2.45, 2.75) is 25.8 Å². The molecule has 0 aliphatic heterocycles. The smallest absolute Gasteiger partial charge is 0.117 e. The zero-order valence-corrected chi connectivity index (χ0v) is 6.16. The number of aliphatic hydroxyl groups excluding tert-OH is 1. The average molecular weight is 128 g/mol. The Morgan fingerprint density at radius 3 is 2.11 bits per heavy atom. The van der Waals surface area contributed by atoms with E-state index in [-0.39, 0.29) is 11.7 Å². The quantitative estimate of drug-likeness (QED) is 0.415. The molecule has 0 aliphatic carbocycles. The van der Waals surface area contributed by atoms with Gasteiger partial charge in [-0.05, 0) is 5.92 Å². The lowest BCUT2D eigenvalue weighted by Gasteiger charge is -2.16. The summed E-state index contributed by atoms with van der Waals surface area (Å²) in [7, 11) is 1.72. The SMILES string of the molecule is B[C@H](C=O)C(O)C(C)C. The number of carbonyl (C=O) groups excluding carboxylic acids is 1. The van der Waals surface area contributed by atoms with E-state index >= 15 is 0 Å². The van der Waals surface area contributed by atoms with Crippen LogP contribution in [0.1, 0.15) is 13.8 Å². The van der Waals surface area contributed by atoms with E-state index in [9.17, 15) is 4.79 Å². The fourth-order valence-electron chi connectivity index (χ4n) is 0.688. The Kier molecular flexibility index (Phi) is 3.55. The van der Waals surface area contributed by atoms with Gasteiger partial charge in [-0.2, -0.15) is 0 Å². The van der Waals surface area contributed by atoms with Gasteiger partial charge in [-0.1, -0.05) is 13.8 Å². The minimum Gasteiger partial charge on any atom is -0.393 e. The molecule has 2 nitrogen and oxygen atoms in total. The third-order valence-corrected chi connectivity index (χ3v) is 1.44. The lowest BCUT2D eigenvalue weighted by molar-refractivity contribution is -0.109. The molecule has 9 heavy (non-hydrogen) atoms. The van der Waals surface area contributed by atoms with Crippen LogP contribution in [0.5, 0.6) is 0 Å². The van der Waals surface area contributed by atoms with Crippen molar-refractivity contribution in [1.29, 1.82) is 0 Å². The molecule has 0 radical (unpaired) electrons. The second-order valence-corrected chi connectivity index (χ2v) is 2.73. The van der Waals surface area contributed by atoms with Crippen LogP contribution in [0, 0.1) is 5.92 Å². The minimum atomic E-state index is -0.484. The van der Waals surface area contributed by atoms with E-state index in [1.807, 2.05) is 13.8 Å². The molecule has 0 spiro atoms. The Balaban J connectivity index is 3.71. The highest BCUT2D eigenvalue weighted by atomic mass is 16.3. The summed E-state index contributed by atoms with van der Waals surface area (Å²) in [4.78, 5) is 10.1. The maximum Gasteiger partial charge on any atom is 0.117 e. The number of aliphatic hydroxyl groups is 1. The van der Waals surface area contributed by atoms with Crippen LogP contribution >= 0.6 is 0 Å². The Bertz CT molecular complexity index is 93.1. The third kappa shape index (κ3) is 2.66. The highest BCUT2D eigenvalue weighted by molar-refractivity contribution is 6.20. The van der Waals surface area contributed by atoms with Gasteiger partial charge in [0.2, 0.25) is 0 Å². The van der Waals surface area contributed by atoms with Gasteiger partial charge in [0.15, 0.2) is 0 Å². The van der Waals surface area contributed by atoms with Crippen molar-refractivity contribution < 1.29 is 9.90 Å². The van der Waals surface area contributed by atoms with Crippen LogP contribution in [-0.2, 0) is 4.79 Å². The van der Waals surface area contributed by atoms with Crippen molar-refractivity contribution in [3.63, 3.8) is 0 Å². The molecule has 1 N–H and O–H groups in total. The molecule has 0 aromatic rings. The van der Waals surface area contributed by atoms with E-state index in [1.54, 1.807) is 7.85 Å². The first-order chi connectivity index (χ1) is 4.09. The molecule has 0 aromatic carbocycles. The van der Waals surface area contributed by atoms with Gasteiger partial charge in [-0.25, -0.2) is 0 Å². The second-order valence-electron chi connectivity index (χ2n) is 2.73. The fourth-order valence-corrected chi connectivity index (χ4v) is 0.688. The molecule has 0 fully saturated rings. The van der Waals surface area contributed by atoms with Crippen LogP contribution in [0.25, 0.3) is 0 Å². The average Bonchev–Trinajstić information content (AvgIpc) is 1.84. The van der Waals surface area contributed by atoms with Gasteiger partial charge in [-0.15, -0.1) is 0 Å². The van der Waals surface area contributed by atoms with Crippen molar-refractivity contribution in [3.05, 3.63) is 0 Å². The fraction of sp³-hybridized carbons (Fsp3) is 0.833. The van der Waals surface area contributed by atoms with Crippen molar-refractivity contribution in [2.24, 2.45) is 5.92 Å². The van der Waals surface area contributed by atoms with E-state index in [4.69, 9.17) is 5.11 Å². The molecule has 0 rings (SSSR count). The second kappa shape index (κ2) is 3.67. The first kappa shape index (κ1) is 8.69. The van der Waals surface area contributed by atoms with Crippen LogP contribution in [0.15, 0.2) is 0 Å². The molecule has 0 aliphatic rings. The largest absolute Gasteiger partial charge is 0.393 e. The molecule has 3 heteroatoms. The predicted octanol–water partition coefficient (Wildman–Crippen LogP) is -0.376. The Hall–Kier alpha value is -0.305. The highest BCUT2D eigenvalue weighted by Gasteiger charge is 2.15. The van der Waals surface area contributed by atoms with Crippen LogP contribution < -0.4 is 0 Å². The lowest BCUT2D eigenvalue weighted by atomic mass is 9.79. The van der Waals surface area contributed by atoms with Gasteiger partial charge in [0, 0.05) is 5.82 Å². The summed E-state index contributed by atoms with van der Waals surface area (Å²) >= 11 is 0. The monoisotopic (exact) mass is 128 g/mol. The lowest BCUT2D eigenvalue weighted by Crippen LogP contribution is -2.22. The van der Waals surface area contributed by atoms with Crippen LogP contribution in [0.4, 0.5) is 0 Å². The van der Waals surface area contributed by atoms with E-state index in [0.717, 1.165) is 6.29 Å². The standard InChI is InChI=1S/C6H13BO2/c1-4(2)6(9)5(7)3-8/h3-6,9H,7H2,1-2H3/t5-,6?/m1/s1. The van der Waals surface area contributed by atoms with Gasteiger partial charge in [0.05, 0.1) is 6.10 Å². The summed E-state index contributed by atoms with van der Waals surface area (Å²) in [5.41, 5.74) is 0. The van der Waals surface area contributed by atoms with E-state index in [2.05, 4.69) is 0 Å². The zero-order chi connectivity index (χ0) is 7.44. The van der Waals surface area contributed by atoms with Crippen molar-refractivity contribution >= 4 is 14.1 Å². The summed E-state index contributed by atoms with van der Waals surface area (Å²) in [6, 6.07) is 0. The van der Waals surface area contributed by atoms with Crippen molar-refractivity contribution in [2.75, 3.05) is 0 Å². The van der Waals surface area contributed by atoms with E-state index in [0.29, 0.717) is 0 Å². The summed E-state index contributed by atoms with van der Waals surface area (Å²) in [5, 5.41) is 9.16. The van der Waals surface area contributed by atoms with Gasteiger partial charge in [0.25, 0.3) is 0 Å².